The molecule has 0 spiro atoms. The van der Waals surface area contributed by atoms with Gasteiger partial charge in [0.05, 0.1) is 17.3 Å². The van der Waals surface area contributed by atoms with Gasteiger partial charge in [-0.25, -0.2) is 9.97 Å². The maximum absolute atomic E-state index is 11.8. The fourth-order valence-corrected chi connectivity index (χ4v) is 3.64. The number of aryl methyl sites for hydroxylation is 1. The molecule has 174 valence electrons. The van der Waals surface area contributed by atoms with E-state index >= 15 is 0 Å². The molecule has 0 saturated heterocycles. The van der Waals surface area contributed by atoms with E-state index in [0.717, 1.165) is 34.1 Å². The minimum Gasteiger partial charge on any atom is -0.484 e. The lowest BCUT2D eigenvalue weighted by Gasteiger charge is -2.17. The predicted molar refractivity (Wildman–Crippen MR) is 133 cm³/mol. The number of carbonyl (C=O) groups is 2. The van der Waals surface area contributed by atoms with Gasteiger partial charge in [0.25, 0.3) is 5.91 Å². The smallest absolute Gasteiger partial charge is 0.259 e. The zero-order valence-electron chi connectivity index (χ0n) is 19.6. The molecule has 2 aromatic heterocycles. The van der Waals surface area contributed by atoms with Crippen LogP contribution in [0, 0.1) is 6.92 Å². The highest BCUT2D eigenvalue weighted by molar-refractivity contribution is 5.89. The second-order valence-electron chi connectivity index (χ2n) is 8.30. The lowest BCUT2D eigenvalue weighted by atomic mass is 10.1. The summed E-state index contributed by atoms with van der Waals surface area (Å²) in [4.78, 5) is 33.8. The van der Waals surface area contributed by atoms with E-state index < -0.39 is 0 Å². The number of nitrogens with one attached hydrogen (secondary N) is 1. The van der Waals surface area contributed by atoms with E-state index in [0.29, 0.717) is 17.4 Å². The number of benzene rings is 2. The van der Waals surface area contributed by atoms with E-state index in [4.69, 9.17) is 4.74 Å². The van der Waals surface area contributed by atoms with Crippen molar-refractivity contribution >= 4 is 29.0 Å². The fraction of sp³-hybridized carbons (Fsp3) is 0.231. The average Bonchev–Trinajstić information content (AvgIpc) is 3.24. The van der Waals surface area contributed by atoms with Crippen LogP contribution in [0.15, 0.2) is 60.8 Å². The molecule has 8 nitrogen and oxygen atoms in total. The summed E-state index contributed by atoms with van der Waals surface area (Å²) in [6, 6.07) is 17.3. The first-order chi connectivity index (χ1) is 16.3. The lowest BCUT2D eigenvalue weighted by Crippen LogP contribution is -2.27. The highest BCUT2D eigenvalue weighted by Gasteiger charge is 2.12. The van der Waals surface area contributed by atoms with E-state index in [-0.39, 0.29) is 18.6 Å². The molecule has 0 aliphatic rings. The van der Waals surface area contributed by atoms with Gasteiger partial charge in [0.15, 0.2) is 6.61 Å². The van der Waals surface area contributed by atoms with Gasteiger partial charge in [0, 0.05) is 37.3 Å². The van der Waals surface area contributed by atoms with Crippen molar-refractivity contribution in [2.45, 2.75) is 19.9 Å². The van der Waals surface area contributed by atoms with Crippen LogP contribution in [-0.2, 0) is 9.59 Å². The molecule has 1 atom stereocenters. The van der Waals surface area contributed by atoms with Gasteiger partial charge in [-0.2, -0.15) is 0 Å². The normalized spacial score (nSPS) is 11.8. The summed E-state index contributed by atoms with van der Waals surface area (Å²) >= 11 is 0. The summed E-state index contributed by atoms with van der Waals surface area (Å²) in [6.07, 6.45) is 2.54. The highest BCUT2D eigenvalue weighted by atomic mass is 16.5. The first-order valence-corrected chi connectivity index (χ1v) is 11.0. The summed E-state index contributed by atoms with van der Waals surface area (Å²) in [5.74, 6) is 1.86. The minimum absolute atomic E-state index is 0.00937. The molecular formula is C26H27N5O3. The molecule has 2 heterocycles. The van der Waals surface area contributed by atoms with Crippen molar-refractivity contribution in [2.75, 3.05) is 26.0 Å². The molecule has 34 heavy (non-hydrogen) atoms. The molecule has 0 aliphatic carbocycles. The third-order valence-electron chi connectivity index (χ3n) is 5.55. The van der Waals surface area contributed by atoms with Crippen molar-refractivity contribution in [3.8, 4) is 17.0 Å². The van der Waals surface area contributed by atoms with Gasteiger partial charge >= 0.3 is 0 Å². The lowest BCUT2D eigenvalue weighted by molar-refractivity contribution is -0.130. The van der Waals surface area contributed by atoms with Gasteiger partial charge in [-0.15, -0.1) is 0 Å². The third-order valence-corrected chi connectivity index (χ3v) is 5.55. The van der Waals surface area contributed by atoms with Gasteiger partial charge in [0.2, 0.25) is 6.41 Å². The molecule has 1 amide bonds. The standard InChI is InChI=1S/C26H27N5O3/c1-17(20-6-5-7-22(12-20)34-15-26(33)30(3)4)27-25-14-23(28-18(2)29-25)21-9-8-19-10-11-31(16-32)24(19)13-21/h5-14,16-17H,15H2,1-4H3,(H,27,28,29). The first-order valence-electron chi connectivity index (χ1n) is 11.0. The van der Waals surface area contributed by atoms with E-state index in [1.165, 1.54) is 4.90 Å². The predicted octanol–water partition coefficient (Wildman–Crippen LogP) is 4.09. The van der Waals surface area contributed by atoms with Crippen molar-refractivity contribution in [3.63, 3.8) is 0 Å². The Morgan fingerprint density at radius 2 is 1.97 bits per heavy atom. The van der Waals surface area contributed by atoms with Crippen molar-refractivity contribution in [3.05, 3.63) is 72.2 Å². The van der Waals surface area contributed by atoms with Crippen molar-refractivity contribution in [1.29, 1.82) is 0 Å². The number of amides is 1. The zero-order valence-corrected chi connectivity index (χ0v) is 19.6. The van der Waals surface area contributed by atoms with Crippen LogP contribution in [0.2, 0.25) is 0 Å². The molecule has 0 aliphatic heterocycles. The molecule has 4 aromatic rings. The molecule has 2 aromatic carbocycles. The van der Waals surface area contributed by atoms with Crippen LogP contribution in [0.4, 0.5) is 5.82 Å². The number of aromatic nitrogens is 3. The summed E-state index contributed by atoms with van der Waals surface area (Å²) in [5, 5.41) is 4.42. The number of fused-ring (bicyclic) bond motifs is 1. The number of likely N-dealkylation sites (N-methyl/N-ethyl adjacent to an activating group) is 1. The summed E-state index contributed by atoms with van der Waals surface area (Å²) in [5.41, 5.74) is 3.49. The second kappa shape index (κ2) is 9.74. The Bertz CT molecular complexity index is 1350. The number of rotatable bonds is 8. The number of carbonyl (C=O) groups excluding carboxylic acids is 2. The van der Waals surface area contributed by atoms with Crippen LogP contribution >= 0.6 is 0 Å². The van der Waals surface area contributed by atoms with Crippen molar-refractivity contribution < 1.29 is 14.3 Å². The molecule has 0 bridgehead atoms. The molecule has 1 N–H and O–H groups in total. The molecule has 8 heteroatoms. The Morgan fingerprint density at radius 3 is 2.74 bits per heavy atom. The van der Waals surface area contributed by atoms with E-state index in [2.05, 4.69) is 15.3 Å². The molecular weight excluding hydrogens is 430 g/mol. The molecule has 0 fully saturated rings. The van der Waals surface area contributed by atoms with Gasteiger partial charge < -0.3 is 15.0 Å². The Balaban J connectivity index is 1.54. The maximum Gasteiger partial charge on any atom is 0.259 e. The van der Waals surface area contributed by atoms with Crippen molar-refractivity contribution in [1.82, 2.24) is 19.4 Å². The van der Waals surface area contributed by atoms with Gasteiger partial charge in [-0.05, 0) is 43.7 Å². The largest absolute Gasteiger partial charge is 0.484 e. The van der Waals surface area contributed by atoms with E-state index in [1.54, 1.807) is 24.9 Å². The first kappa shape index (κ1) is 23.0. The average molecular weight is 458 g/mol. The Kier molecular flexibility index (Phi) is 6.58. The summed E-state index contributed by atoms with van der Waals surface area (Å²) in [7, 11) is 3.40. The number of hydrogen-bond acceptors (Lipinski definition) is 6. The molecule has 4 rings (SSSR count). The summed E-state index contributed by atoms with van der Waals surface area (Å²) in [6.45, 7) is 3.87. The van der Waals surface area contributed by atoms with Crippen LogP contribution in [0.5, 0.6) is 5.75 Å². The maximum atomic E-state index is 11.8. The number of ether oxygens (including phenoxy) is 1. The van der Waals surface area contributed by atoms with Gasteiger partial charge in [-0.3, -0.25) is 14.2 Å². The highest BCUT2D eigenvalue weighted by Crippen LogP contribution is 2.27. The van der Waals surface area contributed by atoms with Crippen LogP contribution in [0.1, 0.15) is 24.4 Å². The summed E-state index contributed by atoms with van der Waals surface area (Å²) < 4.78 is 7.19. The molecule has 0 radical (unpaired) electrons. The van der Waals surface area contributed by atoms with Crippen LogP contribution in [0.25, 0.3) is 22.2 Å². The van der Waals surface area contributed by atoms with E-state index in [1.807, 2.05) is 68.4 Å². The van der Waals surface area contributed by atoms with Crippen LogP contribution in [-0.4, -0.2) is 52.5 Å². The van der Waals surface area contributed by atoms with Gasteiger partial charge in [-0.1, -0.05) is 24.3 Å². The van der Waals surface area contributed by atoms with Crippen molar-refractivity contribution in [2.24, 2.45) is 0 Å². The number of nitrogens with zero attached hydrogens (tertiary/aromatic N) is 4. The zero-order chi connectivity index (χ0) is 24.2. The Labute approximate surface area is 198 Å². The third kappa shape index (κ3) is 5.06. The minimum atomic E-state index is -0.0980. The molecule has 0 saturated carbocycles. The SMILES string of the molecule is Cc1nc(NC(C)c2cccc(OCC(=O)N(C)C)c2)cc(-c2ccc3ccn(C=O)c3c2)n1. The molecule has 1 unspecified atom stereocenters. The number of hydrogen-bond donors (Lipinski definition) is 1. The quantitative estimate of drug-likeness (QED) is 0.401. The van der Waals surface area contributed by atoms with Crippen LogP contribution in [0.3, 0.4) is 0 Å². The van der Waals surface area contributed by atoms with Crippen LogP contribution < -0.4 is 10.1 Å². The fourth-order valence-electron chi connectivity index (χ4n) is 3.64. The van der Waals surface area contributed by atoms with Gasteiger partial charge in [0.1, 0.15) is 17.4 Å². The number of anilines is 1. The Morgan fingerprint density at radius 1 is 1.15 bits per heavy atom. The topological polar surface area (TPSA) is 89.4 Å². The second-order valence-corrected chi connectivity index (χ2v) is 8.30. The monoisotopic (exact) mass is 457 g/mol. The Hall–Kier alpha value is -4.20. The van der Waals surface area contributed by atoms with E-state index in [9.17, 15) is 9.59 Å².